The van der Waals surface area contributed by atoms with Crippen LogP contribution in [0.25, 0.3) is 22.5 Å². The van der Waals surface area contributed by atoms with Crippen LogP contribution in [0.5, 0.6) is 5.75 Å². The van der Waals surface area contributed by atoms with Gasteiger partial charge in [-0.15, -0.1) is 0 Å². The Morgan fingerprint density at radius 3 is 1.87 bits per heavy atom. The van der Waals surface area contributed by atoms with Gasteiger partial charge in [0.1, 0.15) is 0 Å². The molecule has 0 aliphatic carbocycles. The highest BCUT2D eigenvalue weighted by Gasteiger charge is 2.07. The molecule has 1 atom stereocenters. The van der Waals surface area contributed by atoms with Crippen molar-refractivity contribution >= 4 is 0 Å². The molecule has 3 rings (SSSR count). The molecular weight excluding hydrogens is 380 g/mol. The standard InChI is InChI=1S/C28H36N2O/c1-4-6-8-10-22(3)23-11-13-24(14-12-23)25-15-17-26(18-16-25)28-29-20-27(21-30-28)31-19-9-7-5-2/h11-18,20-22H,4-10,19H2,1-3H3/t22-/m1/s1. The minimum atomic E-state index is 0.624. The first-order valence-corrected chi connectivity index (χ1v) is 11.9. The fourth-order valence-electron chi connectivity index (χ4n) is 3.76. The van der Waals surface area contributed by atoms with Crippen molar-refractivity contribution in [1.82, 2.24) is 9.97 Å². The fraction of sp³-hybridized carbons (Fsp3) is 0.429. The van der Waals surface area contributed by atoms with E-state index < -0.39 is 0 Å². The molecule has 0 unspecified atom stereocenters. The molecule has 1 heterocycles. The van der Waals surface area contributed by atoms with Gasteiger partial charge in [0.25, 0.3) is 0 Å². The minimum absolute atomic E-state index is 0.624. The SMILES string of the molecule is CCCCCOc1cnc(-c2ccc(-c3ccc([C@H](C)CCCCC)cc3)cc2)nc1. The lowest BCUT2D eigenvalue weighted by Crippen LogP contribution is -1.98. The molecule has 3 heteroatoms. The van der Waals surface area contributed by atoms with Gasteiger partial charge in [-0.1, -0.05) is 101 Å². The summed E-state index contributed by atoms with van der Waals surface area (Å²) in [6.45, 7) is 7.51. The molecule has 3 nitrogen and oxygen atoms in total. The van der Waals surface area contributed by atoms with Gasteiger partial charge in [-0.2, -0.15) is 0 Å². The highest BCUT2D eigenvalue weighted by molar-refractivity contribution is 5.68. The van der Waals surface area contributed by atoms with Gasteiger partial charge in [-0.3, -0.25) is 0 Å². The minimum Gasteiger partial charge on any atom is -0.490 e. The zero-order chi connectivity index (χ0) is 21.9. The van der Waals surface area contributed by atoms with E-state index in [1.54, 1.807) is 12.4 Å². The van der Waals surface area contributed by atoms with Crippen LogP contribution in [0.2, 0.25) is 0 Å². The molecule has 2 aromatic carbocycles. The lowest BCUT2D eigenvalue weighted by Gasteiger charge is -2.12. The number of hydrogen-bond acceptors (Lipinski definition) is 3. The summed E-state index contributed by atoms with van der Waals surface area (Å²) in [6.07, 6.45) is 12.2. The fourth-order valence-corrected chi connectivity index (χ4v) is 3.76. The van der Waals surface area contributed by atoms with Crippen molar-refractivity contribution in [2.24, 2.45) is 0 Å². The Kier molecular flexibility index (Phi) is 9.08. The molecule has 164 valence electrons. The summed E-state index contributed by atoms with van der Waals surface area (Å²) in [5.74, 6) is 2.09. The predicted octanol–water partition coefficient (Wildman–Crippen LogP) is 8.06. The molecule has 0 saturated carbocycles. The quantitative estimate of drug-likeness (QED) is 0.280. The number of unbranched alkanes of at least 4 members (excludes halogenated alkanes) is 4. The lowest BCUT2D eigenvalue weighted by molar-refractivity contribution is 0.304. The normalized spacial score (nSPS) is 12.0. The molecule has 0 aliphatic rings. The Labute approximate surface area is 187 Å². The van der Waals surface area contributed by atoms with Crippen LogP contribution in [-0.2, 0) is 0 Å². The second-order valence-electron chi connectivity index (χ2n) is 8.39. The summed E-state index contributed by atoms with van der Waals surface area (Å²) in [7, 11) is 0. The Hall–Kier alpha value is -2.68. The first-order chi connectivity index (χ1) is 15.2. The third-order valence-corrected chi connectivity index (χ3v) is 5.84. The highest BCUT2D eigenvalue weighted by atomic mass is 16.5. The zero-order valence-corrected chi connectivity index (χ0v) is 19.3. The van der Waals surface area contributed by atoms with Gasteiger partial charge >= 0.3 is 0 Å². The van der Waals surface area contributed by atoms with E-state index >= 15 is 0 Å². The maximum absolute atomic E-state index is 5.70. The van der Waals surface area contributed by atoms with Crippen LogP contribution < -0.4 is 4.74 Å². The Morgan fingerprint density at radius 1 is 0.710 bits per heavy atom. The molecule has 0 fully saturated rings. The van der Waals surface area contributed by atoms with Crippen LogP contribution in [-0.4, -0.2) is 16.6 Å². The molecule has 0 saturated heterocycles. The molecule has 0 aliphatic heterocycles. The second-order valence-corrected chi connectivity index (χ2v) is 8.39. The molecule has 31 heavy (non-hydrogen) atoms. The largest absolute Gasteiger partial charge is 0.490 e. The molecule has 0 bridgehead atoms. The average molecular weight is 417 g/mol. The number of ether oxygens (including phenoxy) is 1. The molecular formula is C28H36N2O. The molecule has 0 radical (unpaired) electrons. The Morgan fingerprint density at radius 2 is 1.26 bits per heavy atom. The number of rotatable bonds is 12. The van der Waals surface area contributed by atoms with Crippen LogP contribution in [0.4, 0.5) is 0 Å². The summed E-state index contributed by atoms with van der Waals surface area (Å²) in [5.41, 5.74) is 4.90. The van der Waals surface area contributed by atoms with Gasteiger partial charge in [-0.05, 0) is 35.4 Å². The number of hydrogen-bond donors (Lipinski definition) is 0. The van der Waals surface area contributed by atoms with Crippen LogP contribution >= 0.6 is 0 Å². The molecule has 3 aromatic rings. The van der Waals surface area contributed by atoms with Crippen molar-refractivity contribution in [2.45, 2.75) is 71.6 Å². The molecule has 0 spiro atoms. The van der Waals surface area contributed by atoms with E-state index in [4.69, 9.17) is 4.74 Å². The van der Waals surface area contributed by atoms with Gasteiger partial charge in [-0.25, -0.2) is 9.97 Å². The van der Waals surface area contributed by atoms with E-state index in [0.717, 1.165) is 30.2 Å². The van der Waals surface area contributed by atoms with Crippen molar-refractivity contribution in [3.05, 3.63) is 66.5 Å². The maximum atomic E-state index is 5.70. The van der Waals surface area contributed by atoms with E-state index in [2.05, 4.69) is 79.3 Å². The van der Waals surface area contributed by atoms with E-state index in [0.29, 0.717) is 5.92 Å². The van der Waals surface area contributed by atoms with E-state index in [1.807, 2.05) is 0 Å². The average Bonchev–Trinajstić information content (AvgIpc) is 2.83. The van der Waals surface area contributed by atoms with Gasteiger partial charge in [0, 0.05) is 5.56 Å². The van der Waals surface area contributed by atoms with Crippen LogP contribution in [0, 0.1) is 0 Å². The van der Waals surface area contributed by atoms with Crippen LogP contribution in [0.1, 0.15) is 77.2 Å². The van der Waals surface area contributed by atoms with Crippen molar-refractivity contribution < 1.29 is 4.74 Å². The van der Waals surface area contributed by atoms with Crippen molar-refractivity contribution in [2.75, 3.05) is 6.61 Å². The first-order valence-electron chi connectivity index (χ1n) is 11.9. The highest BCUT2D eigenvalue weighted by Crippen LogP contribution is 2.27. The topological polar surface area (TPSA) is 35.0 Å². The first kappa shape index (κ1) is 23.0. The number of aromatic nitrogens is 2. The number of nitrogens with zero attached hydrogens (tertiary/aromatic N) is 2. The van der Waals surface area contributed by atoms with Crippen LogP contribution in [0.3, 0.4) is 0 Å². The summed E-state index contributed by atoms with van der Waals surface area (Å²) in [4.78, 5) is 8.95. The van der Waals surface area contributed by atoms with Crippen molar-refractivity contribution in [1.29, 1.82) is 0 Å². The summed E-state index contributed by atoms with van der Waals surface area (Å²) < 4.78 is 5.70. The van der Waals surface area contributed by atoms with Gasteiger partial charge in [0.2, 0.25) is 0 Å². The number of benzene rings is 2. The maximum Gasteiger partial charge on any atom is 0.159 e. The predicted molar refractivity (Wildman–Crippen MR) is 130 cm³/mol. The van der Waals surface area contributed by atoms with E-state index in [1.165, 1.54) is 55.2 Å². The third kappa shape index (κ3) is 6.92. The Bertz CT molecular complexity index is 886. The molecule has 0 amide bonds. The van der Waals surface area contributed by atoms with Crippen LogP contribution in [0.15, 0.2) is 60.9 Å². The molecule has 0 N–H and O–H groups in total. The lowest BCUT2D eigenvalue weighted by atomic mass is 9.93. The van der Waals surface area contributed by atoms with Gasteiger partial charge in [0.05, 0.1) is 19.0 Å². The van der Waals surface area contributed by atoms with E-state index in [-0.39, 0.29) is 0 Å². The van der Waals surface area contributed by atoms with Crippen molar-refractivity contribution in [3.63, 3.8) is 0 Å². The zero-order valence-electron chi connectivity index (χ0n) is 19.3. The van der Waals surface area contributed by atoms with Crippen molar-refractivity contribution in [3.8, 4) is 28.3 Å². The summed E-state index contributed by atoms with van der Waals surface area (Å²) >= 11 is 0. The van der Waals surface area contributed by atoms with Gasteiger partial charge in [0.15, 0.2) is 11.6 Å². The smallest absolute Gasteiger partial charge is 0.159 e. The summed E-state index contributed by atoms with van der Waals surface area (Å²) in [6, 6.07) is 17.5. The summed E-state index contributed by atoms with van der Waals surface area (Å²) in [5, 5.41) is 0. The Balaban J connectivity index is 1.59. The third-order valence-electron chi connectivity index (χ3n) is 5.84. The molecule has 1 aromatic heterocycles. The van der Waals surface area contributed by atoms with E-state index in [9.17, 15) is 0 Å². The van der Waals surface area contributed by atoms with Gasteiger partial charge < -0.3 is 4.74 Å². The monoisotopic (exact) mass is 416 g/mol. The second kappa shape index (κ2) is 12.2.